The summed E-state index contributed by atoms with van der Waals surface area (Å²) in [5, 5.41) is 6.73. The summed E-state index contributed by atoms with van der Waals surface area (Å²) in [6.07, 6.45) is 3.53. The summed E-state index contributed by atoms with van der Waals surface area (Å²) in [5.74, 6) is 0. The number of aryl methyl sites for hydroxylation is 2. The highest BCUT2D eigenvalue weighted by molar-refractivity contribution is 7.09. The van der Waals surface area contributed by atoms with Crippen molar-refractivity contribution < 1.29 is 0 Å². The predicted octanol–water partition coefficient (Wildman–Crippen LogP) is 2.38. The van der Waals surface area contributed by atoms with E-state index < -0.39 is 0 Å². The van der Waals surface area contributed by atoms with E-state index in [1.165, 1.54) is 23.5 Å². The molecule has 0 aliphatic heterocycles. The lowest BCUT2D eigenvalue weighted by Gasteiger charge is -2.00. The number of hydrogen-bond donors (Lipinski definition) is 1. The highest BCUT2D eigenvalue weighted by Crippen LogP contribution is 2.09. The van der Waals surface area contributed by atoms with Gasteiger partial charge in [0.15, 0.2) is 0 Å². The Bertz CT molecular complexity index is 233. The molecular weight excluding hydrogens is 180 g/mol. The average molecular weight is 198 g/mol. The van der Waals surface area contributed by atoms with Crippen LogP contribution in [0.15, 0.2) is 5.38 Å². The fourth-order valence-electron chi connectivity index (χ4n) is 1.22. The van der Waals surface area contributed by atoms with Gasteiger partial charge >= 0.3 is 0 Å². The van der Waals surface area contributed by atoms with Crippen molar-refractivity contribution in [3.63, 3.8) is 0 Å². The van der Waals surface area contributed by atoms with Crippen LogP contribution >= 0.6 is 11.3 Å². The van der Waals surface area contributed by atoms with E-state index in [2.05, 4.69) is 29.5 Å². The van der Waals surface area contributed by atoms with Crippen molar-refractivity contribution in [3.05, 3.63) is 16.1 Å². The van der Waals surface area contributed by atoms with Crippen LogP contribution in [0.1, 0.15) is 30.5 Å². The molecular formula is C10H18N2S. The second-order valence-electron chi connectivity index (χ2n) is 3.21. The molecule has 0 saturated heterocycles. The molecule has 1 N–H and O–H groups in total. The Hall–Kier alpha value is -0.410. The molecule has 13 heavy (non-hydrogen) atoms. The molecule has 1 aromatic heterocycles. The number of rotatable bonds is 6. The standard InChI is InChI=1S/C10H18N2S/c1-3-6-11-7-4-5-10-8-13-9(2)12-10/h8,11H,3-7H2,1-2H3. The Balaban J connectivity index is 2.06. The molecule has 0 spiro atoms. The minimum absolute atomic E-state index is 1.11. The summed E-state index contributed by atoms with van der Waals surface area (Å²) in [7, 11) is 0. The monoisotopic (exact) mass is 198 g/mol. The molecule has 1 heterocycles. The number of thiazole rings is 1. The van der Waals surface area contributed by atoms with Gasteiger partial charge in [-0.15, -0.1) is 11.3 Å². The SMILES string of the molecule is CCCNCCCc1csc(C)n1. The van der Waals surface area contributed by atoms with Gasteiger partial charge in [-0.3, -0.25) is 0 Å². The summed E-state index contributed by atoms with van der Waals surface area (Å²) >= 11 is 1.74. The lowest BCUT2D eigenvalue weighted by Crippen LogP contribution is -2.16. The molecule has 0 aliphatic rings. The fourth-order valence-corrected chi connectivity index (χ4v) is 1.87. The maximum atomic E-state index is 4.42. The van der Waals surface area contributed by atoms with E-state index in [0.29, 0.717) is 0 Å². The van der Waals surface area contributed by atoms with Crippen LogP contribution < -0.4 is 5.32 Å². The van der Waals surface area contributed by atoms with E-state index in [4.69, 9.17) is 0 Å². The van der Waals surface area contributed by atoms with Gasteiger partial charge in [-0.25, -0.2) is 4.98 Å². The van der Waals surface area contributed by atoms with E-state index in [0.717, 1.165) is 19.5 Å². The third kappa shape index (κ3) is 4.39. The molecule has 0 amide bonds. The van der Waals surface area contributed by atoms with Gasteiger partial charge in [0.2, 0.25) is 0 Å². The molecule has 0 saturated carbocycles. The van der Waals surface area contributed by atoms with Gasteiger partial charge < -0.3 is 5.32 Å². The van der Waals surface area contributed by atoms with Gasteiger partial charge in [0.25, 0.3) is 0 Å². The Morgan fingerprint density at radius 3 is 2.92 bits per heavy atom. The van der Waals surface area contributed by atoms with Crippen molar-refractivity contribution >= 4 is 11.3 Å². The first-order valence-electron chi connectivity index (χ1n) is 4.94. The lowest BCUT2D eigenvalue weighted by molar-refractivity contribution is 0.637. The zero-order chi connectivity index (χ0) is 9.52. The van der Waals surface area contributed by atoms with Crippen LogP contribution in [0.2, 0.25) is 0 Å². The number of nitrogens with zero attached hydrogens (tertiary/aromatic N) is 1. The summed E-state index contributed by atoms with van der Waals surface area (Å²) in [6, 6.07) is 0. The Morgan fingerprint density at radius 2 is 2.31 bits per heavy atom. The molecule has 2 nitrogen and oxygen atoms in total. The molecule has 0 aromatic carbocycles. The van der Waals surface area contributed by atoms with Crippen LogP contribution in [0, 0.1) is 6.92 Å². The quantitative estimate of drug-likeness (QED) is 0.710. The first kappa shape index (κ1) is 10.7. The first-order chi connectivity index (χ1) is 6.33. The summed E-state index contributed by atoms with van der Waals surface area (Å²) in [4.78, 5) is 4.42. The van der Waals surface area contributed by atoms with Crippen molar-refractivity contribution in [2.24, 2.45) is 0 Å². The van der Waals surface area contributed by atoms with Crippen LogP contribution in [0.3, 0.4) is 0 Å². The maximum absolute atomic E-state index is 4.42. The van der Waals surface area contributed by atoms with Crippen molar-refractivity contribution in [3.8, 4) is 0 Å². The Morgan fingerprint density at radius 1 is 1.46 bits per heavy atom. The summed E-state index contributed by atoms with van der Waals surface area (Å²) in [6.45, 7) is 6.50. The van der Waals surface area contributed by atoms with Gasteiger partial charge in [-0.1, -0.05) is 6.92 Å². The fraction of sp³-hybridized carbons (Fsp3) is 0.700. The minimum atomic E-state index is 1.11. The van der Waals surface area contributed by atoms with Gasteiger partial charge in [0, 0.05) is 5.38 Å². The molecule has 0 unspecified atom stereocenters. The van der Waals surface area contributed by atoms with E-state index in [1.54, 1.807) is 11.3 Å². The highest BCUT2D eigenvalue weighted by atomic mass is 32.1. The zero-order valence-corrected chi connectivity index (χ0v) is 9.28. The van der Waals surface area contributed by atoms with Crippen LogP contribution in [0.25, 0.3) is 0 Å². The van der Waals surface area contributed by atoms with Gasteiger partial charge in [-0.2, -0.15) is 0 Å². The highest BCUT2D eigenvalue weighted by Gasteiger charge is 1.96. The minimum Gasteiger partial charge on any atom is -0.317 e. The van der Waals surface area contributed by atoms with Crippen LogP contribution in [0.5, 0.6) is 0 Å². The second-order valence-corrected chi connectivity index (χ2v) is 4.27. The summed E-state index contributed by atoms with van der Waals surface area (Å²) < 4.78 is 0. The first-order valence-corrected chi connectivity index (χ1v) is 5.82. The molecule has 0 aliphatic carbocycles. The van der Waals surface area contributed by atoms with E-state index in [-0.39, 0.29) is 0 Å². The van der Waals surface area contributed by atoms with E-state index in [1.807, 2.05) is 0 Å². The van der Waals surface area contributed by atoms with Gasteiger partial charge in [0.1, 0.15) is 0 Å². The third-order valence-corrected chi connectivity index (χ3v) is 2.70. The van der Waals surface area contributed by atoms with Gasteiger partial charge in [0.05, 0.1) is 10.7 Å². The Labute approximate surface area is 84.4 Å². The van der Waals surface area contributed by atoms with E-state index in [9.17, 15) is 0 Å². The van der Waals surface area contributed by atoms with Crippen LogP contribution in [-0.4, -0.2) is 18.1 Å². The molecule has 0 bridgehead atoms. The van der Waals surface area contributed by atoms with Crippen LogP contribution in [0.4, 0.5) is 0 Å². The molecule has 74 valence electrons. The molecule has 0 radical (unpaired) electrons. The topological polar surface area (TPSA) is 24.9 Å². The maximum Gasteiger partial charge on any atom is 0.0897 e. The van der Waals surface area contributed by atoms with Crippen molar-refractivity contribution in [1.29, 1.82) is 0 Å². The molecule has 1 rings (SSSR count). The number of aromatic nitrogens is 1. The second kappa shape index (κ2) is 6.11. The van der Waals surface area contributed by atoms with Gasteiger partial charge in [-0.05, 0) is 39.3 Å². The zero-order valence-electron chi connectivity index (χ0n) is 8.47. The molecule has 0 fully saturated rings. The summed E-state index contributed by atoms with van der Waals surface area (Å²) in [5.41, 5.74) is 1.25. The van der Waals surface area contributed by atoms with Crippen LogP contribution in [-0.2, 0) is 6.42 Å². The smallest absolute Gasteiger partial charge is 0.0897 e. The number of hydrogen-bond acceptors (Lipinski definition) is 3. The normalized spacial score (nSPS) is 10.6. The number of nitrogens with one attached hydrogen (secondary N) is 1. The molecule has 1 aromatic rings. The largest absolute Gasteiger partial charge is 0.317 e. The van der Waals surface area contributed by atoms with Crippen molar-refractivity contribution in [2.75, 3.05) is 13.1 Å². The predicted molar refractivity (Wildman–Crippen MR) is 58.3 cm³/mol. The third-order valence-electron chi connectivity index (χ3n) is 1.88. The molecule has 3 heteroatoms. The lowest BCUT2D eigenvalue weighted by atomic mass is 10.2. The van der Waals surface area contributed by atoms with E-state index >= 15 is 0 Å². The Kier molecular flexibility index (Phi) is 5.01. The van der Waals surface area contributed by atoms with Crippen molar-refractivity contribution in [2.45, 2.75) is 33.1 Å². The molecule has 0 atom stereocenters. The van der Waals surface area contributed by atoms with Crippen molar-refractivity contribution in [1.82, 2.24) is 10.3 Å². The average Bonchev–Trinajstić information content (AvgIpc) is 2.51.